The number of non-ortho nitro benzene ring substituents is 1. The molecule has 7 nitrogen and oxygen atoms in total. The maximum absolute atomic E-state index is 10.6. The summed E-state index contributed by atoms with van der Waals surface area (Å²) in [6.07, 6.45) is 2.41. The van der Waals surface area contributed by atoms with E-state index in [0.717, 1.165) is 12.2 Å². The molecular weight excluding hydrogens is 260 g/mol. The number of oxazole rings is 1. The van der Waals surface area contributed by atoms with E-state index in [-0.39, 0.29) is 11.3 Å². The molecule has 0 spiro atoms. The van der Waals surface area contributed by atoms with Crippen molar-refractivity contribution in [2.24, 2.45) is 0 Å². The van der Waals surface area contributed by atoms with Crippen LogP contribution in [-0.2, 0) is 13.0 Å². The van der Waals surface area contributed by atoms with E-state index in [4.69, 9.17) is 9.68 Å². The highest BCUT2D eigenvalue weighted by Crippen LogP contribution is 2.22. The van der Waals surface area contributed by atoms with Crippen LogP contribution in [0.5, 0.6) is 0 Å². The molecule has 20 heavy (non-hydrogen) atoms. The van der Waals surface area contributed by atoms with Gasteiger partial charge in [-0.3, -0.25) is 10.1 Å². The van der Waals surface area contributed by atoms with Crippen LogP contribution in [0.4, 0.5) is 11.4 Å². The number of aryl methyl sites for hydroxylation is 1. The Labute approximate surface area is 115 Å². The third kappa shape index (κ3) is 2.92. The van der Waals surface area contributed by atoms with Crippen LogP contribution in [0.1, 0.15) is 24.1 Å². The van der Waals surface area contributed by atoms with Crippen LogP contribution < -0.4 is 5.32 Å². The SMILES string of the molecule is CCc1cnc(CNc2ccc([N+](=O)[O-])cc2C#N)o1. The number of nitro groups is 1. The van der Waals surface area contributed by atoms with E-state index in [9.17, 15) is 10.1 Å². The summed E-state index contributed by atoms with van der Waals surface area (Å²) >= 11 is 0. The first-order valence-corrected chi connectivity index (χ1v) is 6.00. The van der Waals surface area contributed by atoms with Crippen LogP contribution in [0, 0.1) is 21.4 Å². The number of nitrogens with zero attached hydrogens (tertiary/aromatic N) is 3. The lowest BCUT2D eigenvalue weighted by Crippen LogP contribution is -2.02. The number of hydrogen-bond acceptors (Lipinski definition) is 6. The van der Waals surface area contributed by atoms with Gasteiger partial charge in [-0.25, -0.2) is 4.98 Å². The zero-order valence-electron chi connectivity index (χ0n) is 10.8. The Bertz CT molecular complexity index is 672. The van der Waals surface area contributed by atoms with E-state index in [1.807, 2.05) is 13.0 Å². The summed E-state index contributed by atoms with van der Waals surface area (Å²) in [6.45, 7) is 2.27. The number of anilines is 1. The Kier molecular flexibility index (Phi) is 3.96. The molecule has 0 amide bonds. The lowest BCUT2D eigenvalue weighted by atomic mass is 10.1. The highest BCUT2D eigenvalue weighted by atomic mass is 16.6. The smallest absolute Gasteiger partial charge is 0.270 e. The van der Waals surface area contributed by atoms with Gasteiger partial charge in [-0.05, 0) is 6.07 Å². The minimum Gasteiger partial charge on any atom is -0.444 e. The molecular formula is C13H12N4O3. The molecule has 0 aliphatic heterocycles. The standard InChI is InChI=1S/C13H12N4O3/c1-2-11-7-16-13(20-11)8-15-12-4-3-10(17(18)19)5-9(12)6-14/h3-5,7,15H,2,8H2,1H3. The second kappa shape index (κ2) is 5.84. The number of aromatic nitrogens is 1. The molecule has 0 radical (unpaired) electrons. The minimum atomic E-state index is -0.535. The molecule has 1 aromatic carbocycles. The first-order valence-electron chi connectivity index (χ1n) is 6.00. The fourth-order valence-electron chi connectivity index (χ4n) is 1.66. The maximum atomic E-state index is 10.6. The molecule has 0 unspecified atom stereocenters. The van der Waals surface area contributed by atoms with Crippen LogP contribution >= 0.6 is 0 Å². The second-order valence-electron chi connectivity index (χ2n) is 4.03. The first-order chi connectivity index (χ1) is 9.63. The van der Waals surface area contributed by atoms with Gasteiger partial charge in [0.2, 0.25) is 5.89 Å². The van der Waals surface area contributed by atoms with Crippen LogP contribution in [0.3, 0.4) is 0 Å². The molecule has 0 aliphatic carbocycles. The van der Waals surface area contributed by atoms with Crippen molar-refractivity contribution in [3.63, 3.8) is 0 Å². The fraction of sp³-hybridized carbons (Fsp3) is 0.231. The van der Waals surface area contributed by atoms with Gasteiger partial charge in [-0.2, -0.15) is 5.26 Å². The molecule has 1 N–H and O–H groups in total. The van der Waals surface area contributed by atoms with Gasteiger partial charge in [0.1, 0.15) is 11.8 Å². The van der Waals surface area contributed by atoms with Crippen molar-refractivity contribution in [3.8, 4) is 6.07 Å². The highest BCUT2D eigenvalue weighted by Gasteiger charge is 2.11. The molecule has 1 aromatic heterocycles. The molecule has 2 aromatic rings. The van der Waals surface area contributed by atoms with Gasteiger partial charge in [0.25, 0.3) is 5.69 Å². The van der Waals surface area contributed by atoms with Crippen molar-refractivity contribution in [1.29, 1.82) is 5.26 Å². The molecule has 0 atom stereocenters. The number of nitriles is 1. The lowest BCUT2D eigenvalue weighted by molar-refractivity contribution is -0.384. The normalized spacial score (nSPS) is 10.0. The summed E-state index contributed by atoms with van der Waals surface area (Å²) in [6, 6.07) is 6.00. The van der Waals surface area contributed by atoms with E-state index >= 15 is 0 Å². The van der Waals surface area contributed by atoms with Crippen molar-refractivity contribution in [3.05, 3.63) is 51.7 Å². The molecule has 2 rings (SSSR count). The number of benzene rings is 1. The van der Waals surface area contributed by atoms with Crippen LogP contribution in [0.15, 0.2) is 28.8 Å². The van der Waals surface area contributed by atoms with E-state index in [1.165, 1.54) is 18.2 Å². The highest BCUT2D eigenvalue weighted by molar-refractivity contribution is 5.61. The minimum absolute atomic E-state index is 0.114. The summed E-state index contributed by atoms with van der Waals surface area (Å²) in [5.41, 5.74) is 0.604. The van der Waals surface area contributed by atoms with Gasteiger partial charge < -0.3 is 9.73 Å². The monoisotopic (exact) mass is 272 g/mol. The van der Waals surface area contributed by atoms with Crippen molar-refractivity contribution in [2.45, 2.75) is 19.9 Å². The number of nitrogens with one attached hydrogen (secondary N) is 1. The molecule has 1 heterocycles. The summed E-state index contributed by atoms with van der Waals surface area (Å²) in [5.74, 6) is 1.29. The largest absolute Gasteiger partial charge is 0.444 e. The molecule has 0 bridgehead atoms. The molecule has 0 fully saturated rings. The summed E-state index contributed by atoms with van der Waals surface area (Å²) in [7, 11) is 0. The topological polar surface area (TPSA) is 105 Å². The predicted octanol–water partition coefficient (Wildman–Crippen LogP) is 2.63. The summed E-state index contributed by atoms with van der Waals surface area (Å²) in [4.78, 5) is 14.2. The Morgan fingerprint density at radius 1 is 1.55 bits per heavy atom. The van der Waals surface area contributed by atoms with Crippen LogP contribution in [0.2, 0.25) is 0 Å². The maximum Gasteiger partial charge on any atom is 0.270 e. The Morgan fingerprint density at radius 2 is 2.35 bits per heavy atom. The summed E-state index contributed by atoms with van der Waals surface area (Å²) < 4.78 is 5.43. The van der Waals surface area contributed by atoms with Crippen molar-refractivity contribution >= 4 is 11.4 Å². The third-order valence-electron chi connectivity index (χ3n) is 2.71. The summed E-state index contributed by atoms with van der Waals surface area (Å²) in [5, 5.41) is 22.6. The second-order valence-corrected chi connectivity index (χ2v) is 4.03. The van der Waals surface area contributed by atoms with Crippen LogP contribution in [0.25, 0.3) is 0 Å². The predicted molar refractivity (Wildman–Crippen MR) is 71.0 cm³/mol. The van der Waals surface area contributed by atoms with E-state index < -0.39 is 4.92 Å². The molecule has 0 aliphatic rings. The average Bonchev–Trinajstić information content (AvgIpc) is 2.92. The number of rotatable bonds is 5. The van der Waals surface area contributed by atoms with Crippen molar-refractivity contribution in [2.75, 3.05) is 5.32 Å². The third-order valence-corrected chi connectivity index (χ3v) is 2.71. The van der Waals surface area contributed by atoms with Gasteiger partial charge in [-0.15, -0.1) is 0 Å². The quantitative estimate of drug-likeness (QED) is 0.662. The molecule has 0 saturated heterocycles. The Morgan fingerprint density at radius 3 is 2.95 bits per heavy atom. The fourth-order valence-corrected chi connectivity index (χ4v) is 1.66. The van der Waals surface area contributed by atoms with Crippen molar-refractivity contribution in [1.82, 2.24) is 4.98 Å². The number of nitro benzene ring substituents is 1. The Hall–Kier alpha value is -2.88. The molecule has 102 valence electrons. The van der Waals surface area contributed by atoms with Gasteiger partial charge in [-0.1, -0.05) is 6.92 Å². The van der Waals surface area contributed by atoms with E-state index in [2.05, 4.69) is 10.3 Å². The number of hydrogen-bond donors (Lipinski definition) is 1. The zero-order chi connectivity index (χ0) is 14.5. The van der Waals surface area contributed by atoms with Gasteiger partial charge in [0.15, 0.2) is 0 Å². The van der Waals surface area contributed by atoms with Gasteiger partial charge >= 0.3 is 0 Å². The average molecular weight is 272 g/mol. The van der Waals surface area contributed by atoms with Crippen LogP contribution in [-0.4, -0.2) is 9.91 Å². The zero-order valence-corrected chi connectivity index (χ0v) is 10.8. The molecule has 7 heteroatoms. The van der Waals surface area contributed by atoms with Crippen molar-refractivity contribution < 1.29 is 9.34 Å². The molecule has 0 saturated carbocycles. The van der Waals surface area contributed by atoms with Gasteiger partial charge in [0, 0.05) is 18.6 Å². The lowest BCUT2D eigenvalue weighted by Gasteiger charge is -2.05. The van der Waals surface area contributed by atoms with Gasteiger partial charge in [0.05, 0.1) is 28.9 Å². The van der Waals surface area contributed by atoms with E-state index in [1.54, 1.807) is 6.20 Å². The first kappa shape index (κ1) is 13.5. The van der Waals surface area contributed by atoms with E-state index in [0.29, 0.717) is 18.1 Å². The Balaban J connectivity index is 2.13.